The second-order valence-corrected chi connectivity index (χ2v) is 3.56. The minimum atomic E-state index is -2.27. The van der Waals surface area contributed by atoms with Crippen LogP contribution in [0.1, 0.15) is 0 Å². The average Bonchev–Trinajstić information content (AvgIpc) is 1.92. The van der Waals surface area contributed by atoms with Gasteiger partial charge in [-0.1, -0.05) is 12.2 Å². The molecule has 0 bridgehead atoms. The number of carbonyl (C=O) groups excluding carboxylic acids is 1. The lowest BCUT2D eigenvalue weighted by molar-refractivity contribution is -0.115. The van der Waals surface area contributed by atoms with Crippen molar-refractivity contribution in [2.45, 2.75) is 10.4 Å². The van der Waals surface area contributed by atoms with Gasteiger partial charge in [0.15, 0.2) is 5.78 Å². The predicted octanol–water partition coefficient (Wildman–Crippen LogP) is -0.0817. The van der Waals surface area contributed by atoms with Gasteiger partial charge in [-0.25, -0.2) is 0 Å². The highest BCUT2D eigenvalue weighted by Gasteiger charge is 2.32. The zero-order valence-electron chi connectivity index (χ0n) is 6.01. The van der Waals surface area contributed by atoms with Crippen molar-refractivity contribution >= 4 is 31.0 Å². The zero-order valence-corrected chi connectivity index (χ0v) is 7.80. The highest BCUT2D eigenvalue weighted by molar-refractivity contribution is 7.83. The van der Waals surface area contributed by atoms with Crippen molar-refractivity contribution in [1.29, 1.82) is 0 Å². The summed E-state index contributed by atoms with van der Waals surface area (Å²) in [5.41, 5.74) is 0.0710. The standard InChI is InChI=1S/C7H8O3S2/c8-5-3-1-2-4(6(5)11)7(9,10)12/h1-3,6,9-12H/t6-/m0/s1. The molecule has 0 saturated heterocycles. The quantitative estimate of drug-likeness (QED) is 0.357. The molecule has 0 fully saturated rings. The van der Waals surface area contributed by atoms with Gasteiger partial charge in [-0.2, -0.15) is 12.6 Å². The number of thiol groups is 2. The van der Waals surface area contributed by atoms with E-state index >= 15 is 0 Å². The Morgan fingerprint density at radius 2 is 2.08 bits per heavy atom. The Balaban J connectivity index is 2.98. The first-order valence-corrected chi connectivity index (χ1v) is 4.17. The second kappa shape index (κ2) is 3.26. The summed E-state index contributed by atoms with van der Waals surface area (Å²) in [5.74, 6) is -0.280. The summed E-state index contributed by atoms with van der Waals surface area (Å²) in [6.07, 6.45) is 4.16. The van der Waals surface area contributed by atoms with E-state index in [1.165, 1.54) is 18.2 Å². The Kier molecular flexibility index (Phi) is 2.67. The smallest absolute Gasteiger partial charge is 0.235 e. The van der Waals surface area contributed by atoms with E-state index in [0.717, 1.165) is 0 Å². The molecule has 0 heterocycles. The third-order valence-electron chi connectivity index (χ3n) is 1.49. The average molecular weight is 204 g/mol. The topological polar surface area (TPSA) is 57.5 Å². The maximum absolute atomic E-state index is 11.0. The molecule has 0 aromatic carbocycles. The highest BCUT2D eigenvalue weighted by Crippen LogP contribution is 2.27. The monoisotopic (exact) mass is 204 g/mol. The maximum atomic E-state index is 11.0. The third-order valence-corrected chi connectivity index (χ3v) is 2.28. The van der Waals surface area contributed by atoms with Crippen molar-refractivity contribution in [3.05, 3.63) is 23.8 Å². The minimum Gasteiger partial charge on any atom is -0.354 e. The number of allylic oxidation sites excluding steroid dienone is 3. The molecule has 0 aromatic rings. The van der Waals surface area contributed by atoms with Crippen LogP contribution in [0, 0.1) is 0 Å². The van der Waals surface area contributed by atoms with Crippen LogP contribution in [0.25, 0.3) is 0 Å². The van der Waals surface area contributed by atoms with E-state index in [4.69, 9.17) is 10.2 Å². The largest absolute Gasteiger partial charge is 0.354 e. The first kappa shape index (κ1) is 9.85. The number of hydrogen-bond acceptors (Lipinski definition) is 5. The first-order chi connectivity index (χ1) is 5.43. The summed E-state index contributed by atoms with van der Waals surface area (Å²) in [5, 5.41) is 15.0. The lowest BCUT2D eigenvalue weighted by Crippen LogP contribution is -2.33. The normalized spacial score (nSPS) is 24.2. The number of carbonyl (C=O) groups is 1. The lowest BCUT2D eigenvalue weighted by atomic mass is 10.0. The van der Waals surface area contributed by atoms with Crippen LogP contribution in [0.15, 0.2) is 23.8 Å². The Morgan fingerprint density at radius 1 is 1.50 bits per heavy atom. The van der Waals surface area contributed by atoms with Crippen LogP contribution in [0.2, 0.25) is 0 Å². The van der Waals surface area contributed by atoms with Crippen molar-refractivity contribution < 1.29 is 15.0 Å². The first-order valence-electron chi connectivity index (χ1n) is 3.20. The lowest BCUT2D eigenvalue weighted by Gasteiger charge is -2.23. The second-order valence-electron chi connectivity index (χ2n) is 2.42. The van der Waals surface area contributed by atoms with Gasteiger partial charge in [-0.3, -0.25) is 4.79 Å². The van der Waals surface area contributed by atoms with Gasteiger partial charge in [0.25, 0.3) is 0 Å². The van der Waals surface area contributed by atoms with Crippen molar-refractivity contribution in [3.8, 4) is 0 Å². The fourth-order valence-corrected chi connectivity index (χ4v) is 1.54. The molecule has 12 heavy (non-hydrogen) atoms. The number of rotatable bonds is 1. The van der Waals surface area contributed by atoms with Crippen molar-refractivity contribution in [2.24, 2.45) is 0 Å². The number of ketones is 1. The molecule has 0 aliphatic heterocycles. The summed E-state index contributed by atoms with van der Waals surface area (Å²) in [6, 6.07) is 0. The SMILES string of the molecule is O=C1C=CC=C(C(O)(O)S)[C@@H]1S. The minimum absolute atomic E-state index is 0.0710. The van der Waals surface area contributed by atoms with E-state index in [1.54, 1.807) is 0 Å². The Bertz CT molecular complexity index is 262. The van der Waals surface area contributed by atoms with E-state index in [9.17, 15) is 4.79 Å². The summed E-state index contributed by atoms with van der Waals surface area (Å²) in [4.78, 5) is 11.0. The van der Waals surface area contributed by atoms with Gasteiger partial charge < -0.3 is 10.2 Å². The summed E-state index contributed by atoms with van der Waals surface area (Å²) in [7, 11) is 0. The van der Waals surface area contributed by atoms with Crippen LogP contribution < -0.4 is 0 Å². The molecule has 0 unspecified atom stereocenters. The van der Waals surface area contributed by atoms with Crippen LogP contribution in [-0.2, 0) is 4.79 Å². The Hall–Kier alpha value is -0.230. The molecule has 3 nitrogen and oxygen atoms in total. The van der Waals surface area contributed by atoms with Crippen LogP contribution in [-0.4, -0.2) is 26.4 Å². The molecule has 2 N–H and O–H groups in total. The van der Waals surface area contributed by atoms with E-state index in [1.807, 2.05) is 0 Å². The van der Waals surface area contributed by atoms with E-state index in [2.05, 4.69) is 25.3 Å². The molecule has 1 aliphatic carbocycles. The van der Waals surface area contributed by atoms with Crippen LogP contribution in [0.4, 0.5) is 0 Å². The zero-order chi connectivity index (χ0) is 9.35. The van der Waals surface area contributed by atoms with Crippen molar-refractivity contribution in [1.82, 2.24) is 0 Å². The number of hydrogen-bond donors (Lipinski definition) is 4. The van der Waals surface area contributed by atoms with Crippen molar-refractivity contribution in [3.63, 3.8) is 0 Å². The van der Waals surface area contributed by atoms with Gasteiger partial charge in [0.2, 0.25) is 5.12 Å². The van der Waals surface area contributed by atoms with Gasteiger partial charge in [0.05, 0.1) is 5.25 Å². The van der Waals surface area contributed by atoms with E-state index in [-0.39, 0.29) is 11.4 Å². The van der Waals surface area contributed by atoms with Crippen LogP contribution in [0.3, 0.4) is 0 Å². The molecule has 1 atom stereocenters. The number of aliphatic hydroxyl groups is 2. The molecule has 0 saturated carbocycles. The molecular weight excluding hydrogens is 196 g/mol. The molecule has 0 aromatic heterocycles. The Morgan fingerprint density at radius 3 is 2.50 bits per heavy atom. The summed E-state index contributed by atoms with van der Waals surface area (Å²) in [6.45, 7) is 0. The van der Waals surface area contributed by atoms with Gasteiger partial charge in [0.1, 0.15) is 0 Å². The van der Waals surface area contributed by atoms with E-state index in [0.29, 0.717) is 0 Å². The van der Waals surface area contributed by atoms with Gasteiger partial charge in [-0.05, 0) is 6.08 Å². The maximum Gasteiger partial charge on any atom is 0.235 e. The molecular formula is C7H8O3S2. The highest BCUT2D eigenvalue weighted by atomic mass is 32.1. The Labute approximate surface area is 80.6 Å². The van der Waals surface area contributed by atoms with E-state index < -0.39 is 10.4 Å². The van der Waals surface area contributed by atoms with Gasteiger partial charge >= 0.3 is 0 Å². The molecule has 1 rings (SSSR count). The molecule has 66 valence electrons. The molecule has 0 amide bonds. The molecule has 0 radical (unpaired) electrons. The van der Waals surface area contributed by atoms with Crippen molar-refractivity contribution in [2.75, 3.05) is 0 Å². The summed E-state index contributed by atoms with van der Waals surface area (Å²) < 4.78 is 0. The fourth-order valence-electron chi connectivity index (χ4n) is 0.877. The summed E-state index contributed by atoms with van der Waals surface area (Å²) >= 11 is 7.41. The molecule has 0 spiro atoms. The predicted molar refractivity (Wildman–Crippen MR) is 51.2 cm³/mol. The van der Waals surface area contributed by atoms with Gasteiger partial charge in [0, 0.05) is 5.57 Å². The van der Waals surface area contributed by atoms with Crippen LogP contribution >= 0.6 is 25.3 Å². The molecule has 5 heteroatoms. The fraction of sp³-hybridized carbons (Fsp3) is 0.286. The van der Waals surface area contributed by atoms with Gasteiger partial charge in [-0.15, -0.1) is 12.6 Å². The van der Waals surface area contributed by atoms with Crippen LogP contribution in [0.5, 0.6) is 0 Å². The third kappa shape index (κ3) is 1.92. The molecule has 1 aliphatic rings.